The molecule has 0 saturated carbocycles. The van der Waals surface area contributed by atoms with Crippen LogP contribution in [0.15, 0.2) is 60.7 Å². The fraction of sp³-hybridized carbons (Fsp3) is 0.455. The van der Waals surface area contributed by atoms with Crippen molar-refractivity contribution in [1.82, 2.24) is 0 Å². The molecule has 3 nitrogen and oxygen atoms in total. The van der Waals surface area contributed by atoms with Crippen molar-refractivity contribution in [3.8, 4) is 0 Å². The second kappa shape index (κ2) is 10.1. The number of rotatable bonds is 8. The van der Waals surface area contributed by atoms with Crippen LogP contribution in [-0.4, -0.2) is 29.5 Å². The summed E-state index contributed by atoms with van der Waals surface area (Å²) in [6, 6.07) is 20.6. The summed E-state index contributed by atoms with van der Waals surface area (Å²) in [4.78, 5) is 0. The molecule has 0 N–H and O–H groups in total. The third kappa shape index (κ3) is 5.58. The monoisotopic (exact) mass is 372 g/mol. The van der Waals surface area contributed by atoms with Gasteiger partial charge < -0.3 is 14.2 Å². The van der Waals surface area contributed by atoms with E-state index in [1.54, 1.807) is 0 Å². The van der Waals surface area contributed by atoms with Crippen LogP contribution in [0.4, 0.5) is 0 Å². The number of hydrogen-bond donors (Lipinski definition) is 0. The molecule has 2 aromatic carbocycles. The molecule has 1 heterocycles. The molecule has 140 valence electrons. The minimum absolute atomic E-state index is 0.0390. The molecule has 4 heteroatoms. The van der Waals surface area contributed by atoms with E-state index in [1.807, 2.05) is 48.2 Å². The van der Waals surface area contributed by atoms with Gasteiger partial charge >= 0.3 is 0 Å². The maximum absolute atomic E-state index is 6.24. The van der Waals surface area contributed by atoms with Crippen LogP contribution < -0.4 is 0 Å². The van der Waals surface area contributed by atoms with E-state index in [-0.39, 0.29) is 23.7 Å². The second-order valence-corrected chi connectivity index (χ2v) is 7.95. The average Bonchev–Trinajstić information content (AvgIpc) is 2.68. The Morgan fingerprint density at radius 1 is 0.885 bits per heavy atom. The largest absolute Gasteiger partial charge is 0.371 e. The van der Waals surface area contributed by atoms with Gasteiger partial charge in [-0.05, 0) is 23.8 Å². The van der Waals surface area contributed by atoms with Gasteiger partial charge in [0, 0.05) is 6.42 Å². The summed E-state index contributed by atoms with van der Waals surface area (Å²) in [5, 5.41) is 0. The fourth-order valence-electron chi connectivity index (χ4n) is 3.13. The maximum Gasteiger partial charge on any atom is 0.129 e. The van der Waals surface area contributed by atoms with Crippen molar-refractivity contribution in [2.24, 2.45) is 0 Å². The van der Waals surface area contributed by atoms with E-state index in [2.05, 4.69) is 38.1 Å². The molecule has 1 fully saturated rings. The molecule has 1 saturated heterocycles. The van der Waals surface area contributed by atoms with Crippen molar-refractivity contribution in [2.75, 3.05) is 5.75 Å². The minimum Gasteiger partial charge on any atom is -0.371 e. The predicted octanol–water partition coefficient (Wildman–Crippen LogP) is 5.05. The molecule has 3 rings (SSSR count). The van der Waals surface area contributed by atoms with Crippen molar-refractivity contribution in [1.29, 1.82) is 0 Å². The zero-order chi connectivity index (χ0) is 18.2. The van der Waals surface area contributed by atoms with Crippen molar-refractivity contribution in [2.45, 2.75) is 57.2 Å². The lowest BCUT2D eigenvalue weighted by atomic mass is 10.0. The number of benzene rings is 2. The predicted molar refractivity (Wildman–Crippen MR) is 107 cm³/mol. The normalized spacial score (nSPS) is 25.9. The lowest BCUT2D eigenvalue weighted by Crippen LogP contribution is -2.46. The average molecular weight is 373 g/mol. The van der Waals surface area contributed by atoms with Gasteiger partial charge in [-0.25, -0.2) is 0 Å². The van der Waals surface area contributed by atoms with Gasteiger partial charge in [0.15, 0.2) is 0 Å². The molecule has 0 spiro atoms. The molecule has 1 unspecified atom stereocenters. The Hall–Kier alpha value is -1.33. The van der Waals surface area contributed by atoms with Crippen molar-refractivity contribution in [3.63, 3.8) is 0 Å². The van der Waals surface area contributed by atoms with Gasteiger partial charge in [-0.1, -0.05) is 67.6 Å². The zero-order valence-electron chi connectivity index (χ0n) is 15.5. The van der Waals surface area contributed by atoms with Gasteiger partial charge in [0.2, 0.25) is 0 Å². The summed E-state index contributed by atoms with van der Waals surface area (Å²) in [6.45, 7) is 5.48. The highest BCUT2D eigenvalue weighted by atomic mass is 32.2. The second-order valence-electron chi connectivity index (χ2n) is 6.57. The highest BCUT2D eigenvalue weighted by Crippen LogP contribution is 2.32. The molecule has 1 aliphatic rings. The van der Waals surface area contributed by atoms with Crippen LogP contribution in [0.2, 0.25) is 0 Å². The fourth-order valence-corrected chi connectivity index (χ4v) is 4.12. The van der Waals surface area contributed by atoms with Crippen molar-refractivity contribution in [3.05, 3.63) is 71.8 Å². The molecule has 26 heavy (non-hydrogen) atoms. The molecular weight excluding hydrogens is 344 g/mol. The molecule has 0 aliphatic carbocycles. The van der Waals surface area contributed by atoms with Crippen LogP contribution >= 0.6 is 11.8 Å². The van der Waals surface area contributed by atoms with E-state index >= 15 is 0 Å². The van der Waals surface area contributed by atoms with E-state index in [1.165, 1.54) is 11.1 Å². The van der Waals surface area contributed by atoms with Gasteiger partial charge in [-0.3, -0.25) is 0 Å². The molecular formula is C22H28O3S. The van der Waals surface area contributed by atoms with E-state index in [0.29, 0.717) is 13.2 Å². The van der Waals surface area contributed by atoms with E-state index in [9.17, 15) is 0 Å². The van der Waals surface area contributed by atoms with Gasteiger partial charge in [-0.2, -0.15) is 0 Å². The molecule has 0 aromatic heterocycles. The van der Waals surface area contributed by atoms with Crippen LogP contribution in [0.1, 0.15) is 31.4 Å². The van der Waals surface area contributed by atoms with Gasteiger partial charge in [0.25, 0.3) is 0 Å². The third-order valence-corrected chi connectivity index (χ3v) is 5.66. The van der Waals surface area contributed by atoms with E-state index in [0.717, 1.165) is 12.2 Å². The van der Waals surface area contributed by atoms with Gasteiger partial charge in [0.1, 0.15) is 5.44 Å². The molecule has 0 radical (unpaired) electrons. The van der Waals surface area contributed by atoms with Gasteiger partial charge in [-0.15, -0.1) is 11.8 Å². The summed E-state index contributed by atoms with van der Waals surface area (Å²) in [7, 11) is 0. The highest BCUT2D eigenvalue weighted by Gasteiger charge is 2.37. The first-order chi connectivity index (χ1) is 12.8. The first-order valence-electron chi connectivity index (χ1n) is 9.34. The number of hydrogen-bond acceptors (Lipinski definition) is 4. The molecule has 4 atom stereocenters. The van der Waals surface area contributed by atoms with Crippen LogP contribution in [0, 0.1) is 0 Å². The third-order valence-electron chi connectivity index (χ3n) is 4.59. The quantitative estimate of drug-likeness (QED) is 0.648. The topological polar surface area (TPSA) is 27.7 Å². The Morgan fingerprint density at radius 2 is 1.42 bits per heavy atom. The van der Waals surface area contributed by atoms with Crippen LogP contribution in [-0.2, 0) is 27.4 Å². The van der Waals surface area contributed by atoms with E-state index in [4.69, 9.17) is 14.2 Å². The zero-order valence-corrected chi connectivity index (χ0v) is 16.4. The lowest BCUT2D eigenvalue weighted by Gasteiger charge is -2.39. The summed E-state index contributed by atoms with van der Waals surface area (Å²) in [5.74, 6) is 1.01. The molecule has 1 aliphatic heterocycles. The molecule has 2 aromatic rings. The van der Waals surface area contributed by atoms with Gasteiger partial charge in [0.05, 0.1) is 31.5 Å². The SMILES string of the molecule is CCSC1O[C@H](C)[C@H](OCc2ccccc2)C[C@H]1OCc1ccccc1. The number of ether oxygens (including phenoxy) is 3. The number of thioether (sulfide) groups is 1. The maximum atomic E-state index is 6.24. The smallest absolute Gasteiger partial charge is 0.129 e. The Labute approximate surface area is 161 Å². The minimum atomic E-state index is 0.0390. The summed E-state index contributed by atoms with van der Waals surface area (Å²) < 4.78 is 18.7. The summed E-state index contributed by atoms with van der Waals surface area (Å²) in [6.07, 6.45) is 1.01. The highest BCUT2D eigenvalue weighted by molar-refractivity contribution is 7.99. The standard InChI is InChI=1S/C22H28O3S/c1-3-26-22-21(24-16-19-12-8-5-9-13-19)14-20(17(2)25-22)23-15-18-10-6-4-7-11-18/h4-13,17,20-22H,3,14-16H2,1-2H3/t17-,20-,21-,22?/m1/s1. The van der Waals surface area contributed by atoms with Crippen LogP contribution in [0.5, 0.6) is 0 Å². The Balaban J connectivity index is 1.58. The molecule has 0 amide bonds. The summed E-state index contributed by atoms with van der Waals surface area (Å²) >= 11 is 1.81. The van der Waals surface area contributed by atoms with Crippen LogP contribution in [0.25, 0.3) is 0 Å². The summed E-state index contributed by atoms with van der Waals surface area (Å²) in [5.41, 5.74) is 2.44. The lowest BCUT2D eigenvalue weighted by molar-refractivity contribution is -0.171. The van der Waals surface area contributed by atoms with Crippen molar-refractivity contribution >= 4 is 11.8 Å². The Morgan fingerprint density at radius 3 is 1.96 bits per heavy atom. The Kier molecular flexibility index (Phi) is 7.56. The first-order valence-corrected chi connectivity index (χ1v) is 10.4. The van der Waals surface area contributed by atoms with Crippen molar-refractivity contribution < 1.29 is 14.2 Å². The first kappa shape index (κ1) is 19.4. The molecule has 0 bridgehead atoms. The Bertz CT molecular complexity index is 634. The van der Waals surface area contributed by atoms with Crippen LogP contribution in [0.3, 0.4) is 0 Å². The van der Waals surface area contributed by atoms with E-state index < -0.39 is 0 Å².